The lowest BCUT2D eigenvalue weighted by atomic mass is 10.1. The van der Waals surface area contributed by atoms with Crippen LogP contribution in [0.5, 0.6) is 0 Å². The number of nitrogens with one attached hydrogen (secondary N) is 1. The van der Waals surface area contributed by atoms with Crippen molar-refractivity contribution in [1.29, 1.82) is 0 Å². The fraction of sp³-hybridized carbons (Fsp3) is 0.375. The smallest absolute Gasteiger partial charge is 0.154 e. The summed E-state index contributed by atoms with van der Waals surface area (Å²) in [7, 11) is 0. The molecule has 0 bridgehead atoms. The Morgan fingerprint density at radius 1 is 1.24 bits per heavy atom. The number of halogens is 1. The average molecular weight is 449 g/mol. The van der Waals surface area contributed by atoms with Crippen LogP contribution in [0.25, 0.3) is 16.6 Å². The Hall–Kier alpha value is -3.46. The summed E-state index contributed by atoms with van der Waals surface area (Å²) in [6.45, 7) is 6.83. The van der Waals surface area contributed by atoms with Gasteiger partial charge in [-0.25, -0.2) is 9.37 Å². The number of nitrogens with zero attached hydrogens (tertiary/aromatic N) is 6. The highest BCUT2D eigenvalue weighted by Crippen LogP contribution is 2.21. The Morgan fingerprint density at radius 3 is 2.85 bits per heavy atom. The first-order valence-electron chi connectivity index (χ1n) is 11.2. The third-order valence-electron chi connectivity index (χ3n) is 5.55. The lowest BCUT2D eigenvalue weighted by Crippen LogP contribution is -2.48. The largest absolute Gasteiger partial charge is 0.404 e. The Labute approximate surface area is 192 Å². The van der Waals surface area contributed by atoms with Crippen LogP contribution >= 0.6 is 0 Å². The number of nitrogens with two attached hydrogens (primary N) is 1. The Balaban J connectivity index is 1.43. The van der Waals surface area contributed by atoms with Crippen LogP contribution in [-0.2, 0) is 0 Å². The van der Waals surface area contributed by atoms with Gasteiger partial charge in [-0.05, 0) is 42.2 Å². The summed E-state index contributed by atoms with van der Waals surface area (Å²) in [4.78, 5) is 15.8. The van der Waals surface area contributed by atoms with Crippen LogP contribution in [0.4, 0.5) is 16.0 Å². The second-order valence-electron chi connectivity index (χ2n) is 8.48. The van der Waals surface area contributed by atoms with Crippen LogP contribution in [-0.4, -0.2) is 63.6 Å². The highest BCUT2D eigenvalue weighted by Gasteiger charge is 2.24. The summed E-state index contributed by atoms with van der Waals surface area (Å²) in [6.07, 6.45) is 7.03. The lowest BCUT2D eigenvalue weighted by Gasteiger charge is -2.33. The van der Waals surface area contributed by atoms with E-state index in [1.165, 1.54) is 6.20 Å². The molecule has 172 valence electrons. The van der Waals surface area contributed by atoms with Crippen LogP contribution in [0.2, 0.25) is 0 Å². The SMILES string of the molecule is CC(C)c1cnnc(Nc2ccc3ncc(C(C=NCCCN4CC(F)C4)=CN)cc3n2)c1. The zero-order valence-corrected chi connectivity index (χ0v) is 18.9. The minimum absolute atomic E-state index is 0.360. The molecule has 0 spiro atoms. The Bertz CT molecular complexity index is 1150. The van der Waals surface area contributed by atoms with E-state index in [9.17, 15) is 4.39 Å². The molecule has 9 heteroatoms. The number of anilines is 2. The van der Waals surface area contributed by atoms with Crippen molar-refractivity contribution in [3.63, 3.8) is 0 Å². The number of alkyl halides is 1. The summed E-state index contributed by atoms with van der Waals surface area (Å²) in [5, 5.41) is 11.4. The predicted molar refractivity (Wildman–Crippen MR) is 130 cm³/mol. The second-order valence-corrected chi connectivity index (χ2v) is 8.48. The molecule has 33 heavy (non-hydrogen) atoms. The molecule has 1 aliphatic heterocycles. The number of likely N-dealkylation sites (tertiary alicyclic amines) is 1. The van der Waals surface area contributed by atoms with E-state index in [4.69, 9.17) is 5.73 Å². The topological polar surface area (TPSA) is 105 Å². The fourth-order valence-electron chi connectivity index (χ4n) is 3.58. The van der Waals surface area contributed by atoms with E-state index < -0.39 is 6.17 Å². The number of hydrogen-bond acceptors (Lipinski definition) is 8. The number of pyridine rings is 2. The van der Waals surface area contributed by atoms with E-state index in [1.807, 2.05) is 24.3 Å². The number of allylic oxidation sites excluding steroid dienone is 1. The minimum atomic E-state index is -0.664. The van der Waals surface area contributed by atoms with Crippen LogP contribution in [0.15, 0.2) is 47.9 Å². The van der Waals surface area contributed by atoms with Crippen molar-refractivity contribution in [3.8, 4) is 0 Å². The van der Waals surface area contributed by atoms with Gasteiger partial charge in [-0.2, -0.15) is 5.10 Å². The van der Waals surface area contributed by atoms with Gasteiger partial charge >= 0.3 is 0 Å². The summed E-state index contributed by atoms with van der Waals surface area (Å²) < 4.78 is 12.9. The van der Waals surface area contributed by atoms with Gasteiger partial charge in [-0.3, -0.25) is 14.9 Å². The van der Waals surface area contributed by atoms with Crippen molar-refractivity contribution in [3.05, 3.63) is 54.0 Å². The molecule has 0 radical (unpaired) electrons. The van der Waals surface area contributed by atoms with Gasteiger partial charge in [0.2, 0.25) is 0 Å². The molecule has 0 aliphatic carbocycles. The quantitative estimate of drug-likeness (QED) is 0.380. The maximum absolute atomic E-state index is 12.9. The first kappa shape index (κ1) is 22.7. The van der Waals surface area contributed by atoms with E-state index in [0.29, 0.717) is 37.2 Å². The van der Waals surface area contributed by atoms with Gasteiger partial charge in [0, 0.05) is 55.9 Å². The number of aliphatic imine (C=N–C) groups is 1. The summed E-state index contributed by atoms with van der Waals surface area (Å²) in [5.74, 6) is 1.66. The lowest BCUT2D eigenvalue weighted by molar-refractivity contribution is 0.0655. The van der Waals surface area contributed by atoms with E-state index in [1.54, 1.807) is 18.6 Å². The summed E-state index contributed by atoms with van der Waals surface area (Å²) >= 11 is 0. The second kappa shape index (κ2) is 10.4. The summed E-state index contributed by atoms with van der Waals surface area (Å²) in [6, 6.07) is 7.69. The van der Waals surface area contributed by atoms with Crippen molar-refractivity contribution in [2.24, 2.45) is 10.7 Å². The van der Waals surface area contributed by atoms with Gasteiger partial charge in [-0.1, -0.05) is 13.8 Å². The predicted octanol–water partition coefficient (Wildman–Crippen LogP) is 3.70. The summed E-state index contributed by atoms with van der Waals surface area (Å²) in [5.41, 5.74) is 10.1. The molecule has 3 aromatic heterocycles. The van der Waals surface area contributed by atoms with Gasteiger partial charge in [-0.15, -0.1) is 5.10 Å². The van der Waals surface area contributed by atoms with Crippen LogP contribution in [0, 0.1) is 0 Å². The highest BCUT2D eigenvalue weighted by molar-refractivity contribution is 6.10. The number of fused-ring (bicyclic) bond motifs is 1. The molecule has 1 aliphatic rings. The fourth-order valence-corrected chi connectivity index (χ4v) is 3.58. The Morgan fingerprint density at radius 2 is 2.09 bits per heavy atom. The molecule has 1 saturated heterocycles. The number of hydrogen-bond donors (Lipinski definition) is 2. The average Bonchev–Trinajstić information content (AvgIpc) is 2.79. The van der Waals surface area contributed by atoms with Crippen molar-refractivity contribution >= 4 is 34.5 Å². The molecule has 0 saturated carbocycles. The van der Waals surface area contributed by atoms with Gasteiger partial charge in [0.15, 0.2) is 5.82 Å². The molecule has 4 rings (SSSR count). The highest BCUT2D eigenvalue weighted by atomic mass is 19.1. The van der Waals surface area contributed by atoms with Gasteiger partial charge in [0.05, 0.1) is 17.2 Å². The molecule has 0 amide bonds. The van der Waals surface area contributed by atoms with Gasteiger partial charge in [0.1, 0.15) is 12.0 Å². The Kier molecular flexibility index (Phi) is 7.19. The molecular weight excluding hydrogens is 419 g/mol. The van der Waals surface area contributed by atoms with E-state index in [-0.39, 0.29) is 0 Å². The van der Waals surface area contributed by atoms with E-state index in [0.717, 1.165) is 40.7 Å². The molecule has 0 aromatic carbocycles. The van der Waals surface area contributed by atoms with E-state index in [2.05, 4.69) is 49.2 Å². The maximum atomic E-state index is 12.9. The van der Waals surface area contributed by atoms with E-state index >= 15 is 0 Å². The molecule has 4 heterocycles. The maximum Gasteiger partial charge on any atom is 0.154 e. The van der Waals surface area contributed by atoms with Crippen LogP contribution < -0.4 is 11.1 Å². The number of aromatic nitrogens is 4. The first-order valence-corrected chi connectivity index (χ1v) is 11.2. The van der Waals surface area contributed by atoms with Crippen molar-refractivity contribution in [1.82, 2.24) is 25.1 Å². The monoisotopic (exact) mass is 448 g/mol. The van der Waals surface area contributed by atoms with Crippen LogP contribution in [0.3, 0.4) is 0 Å². The van der Waals surface area contributed by atoms with Gasteiger partial charge < -0.3 is 11.1 Å². The van der Waals surface area contributed by atoms with Crippen LogP contribution in [0.1, 0.15) is 37.3 Å². The van der Waals surface area contributed by atoms with Crippen molar-refractivity contribution in [2.45, 2.75) is 32.4 Å². The molecule has 3 aromatic rings. The normalized spacial score (nSPS) is 15.5. The minimum Gasteiger partial charge on any atom is -0.404 e. The molecule has 8 nitrogen and oxygen atoms in total. The molecule has 3 N–H and O–H groups in total. The number of rotatable bonds is 9. The van der Waals surface area contributed by atoms with Crippen molar-refractivity contribution < 1.29 is 4.39 Å². The molecular formula is C24H29FN8. The molecule has 1 fully saturated rings. The third-order valence-corrected chi connectivity index (χ3v) is 5.55. The third kappa shape index (κ3) is 5.87. The first-order chi connectivity index (χ1) is 16.0. The van der Waals surface area contributed by atoms with Gasteiger partial charge in [0.25, 0.3) is 0 Å². The zero-order chi connectivity index (χ0) is 23.2. The van der Waals surface area contributed by atoms with Crippen molar-refractivity contribution in [2.75, 3.05) is 31.5 Å². The molecule has 0 atom stereocenters. The zero-order valence-electron chi connectivity index (χ0n) is 18.9. The standard InChI is InChI=1S/C24H29FN8/c1-16(2)17-9-24(32-29-13-17)31-23-5-4-21-22(30-23)8-18(12-28-21)19(10-26)11-27-6-3-7-33-14-20(25)15-33/h4-5,8-13,16,20H,3,6-7,14-15,26H2,1-2H3,(H,30,31,32). The molecule has 0 unspecified atom stereocenters.